The van der Waals surface area contributed by atoms with Gasteiger partial charge in [0.2, 0.25) is 16.6 Å². The maximum Gasteiger partial charge on any atom is 0.241 e. The summed E-state index contributed by atoms with van der Waals surface area (Å²) in [6.45, 7) is 31.4. The van der Waals surface area contributed by atoms with Crippen LogP contribution < -0.4 is 0 Å². The molecule has 0 aromatic carbocycles. The number of allylic oxidation sites excluding steroid dienone is 6. The Morgan fingerprint density at radius 3 is 1.23 bits per heavy atom. The Bertz CT molecular complexity index is 682. The van der Waals surface area contributed by atoms with Crippen LogP contribution in [0.2, 0.25) is 39.3 Å². The first-order chi connectivity index (χ1) is 13.6. The molecule has 0 saturated carbocycles. The van der Waals surface area contributed by atoms with Gasteiger partial charge in [0, 0.05) is 12.8 Å². The molecule has 0 saturated heterocycles. The number of hydrogen-bond donors (Lipinski definition) is 0. The van der Waals surface area contributed by atoms with Crippen molar-refractivity contribution in [3.05, 3.63) is 47.0 Å². The monoisotopic (exact) mass is 446 g/mol. The van der Waals surface area contributed by atoms with Crippen LogP contribution in [0.4, 0.5) is 0 Å². The lowest BCUT2D eigenvalue weighted by atomic mass is 9.65. The van der Waals surface area contributed by atoms with Crippen LogP contribution in [0.1, 0.15) is 53.4 Å². The van der Waals surface area contributed by atoms with Gasteiger partial charge in [-0.15, -0.1) is 0 Å². The van der Waals surface area contributed by atoms with Gasteiger partial charge in [-0.05, 0) is 115 Å². The highest BCUT2D eigenvalue weighted by Crippen LogP contribution is 2.49. The van der Waals surface area contributed by atoms with E-state index in [0.29, 0.717) is 23.7 Å². The summed E-state index contributed by atoms with van der Waals surface area (Å²) in [5.74, 6) is 4.49. The summed E-state index contributed by atoms with van der Waals surface area (Å²) in [7, 11) is -3.31. The molecule has 0 N–H and O–H groups in total. The first kappa shape index (κ1) is 25.3. The van der Waals surface area contributed by atoms with Crippen LogP contribution in [0.15, 0.2) is 47.0 Å². The zero-order chi connectivity index (χ0) is 23.0. The fraction of sp³-hybridized carbons (Fsp3) is 0.692. The topological polar surface area (TPSA) is 18.5 Å². The Kier molecular flexibility index (Phi) is 7.78. The smallest absolute Gasteiger partial charge is 0.241 e. The van der Waals surface area contributed by atoms with Crippen LogP contribution in [0.3, 0.4) is 0 Å². The number of hydrogen-bond acceptors (Lipinski definition) is 2. The van der Waals surface area contributed by atoms with E-state index >= 15 is 0 Å². The fourth-order valence-electron chi connectivity index (χ4n) is 4.98. The lowest BCUT2D eigenvalue weighted by molar-refractivity contribution is 0.223. The molecule has 0 radical (unpaired) electrons. The third-order valence-electron chi connectivity index (χ3n) is 6.67. The van der Waals surface area contributed by atoms with Crippen LogP contribution in [0.5, 0.6) is 0 Å². The van der Waals surface area contributed by atoms with Crippen LogP contribution in [-0.2, 0) is 8.85 Å². The minimum absolute atomic E-state index is 0.495. The van der Waals surface area contributed by atoms with Crippen LogP contribution in [0.25, 0.3) is 0 Å². The van der Waals surface area contributed by atoms with Gasteiger partial charge in [-0.25, -0.2) is 0 Å². The Balaban J connectivity index is 2.51. The van der Waals surface area contributed by atoms with Crippen molar-refractivity contribution in [2.75, 3.05) is 0 Å². The summed E-state index contributed by atoms with van der Waals surface area (Å²) < 4.78 is 13.3. The standard InChI is InChI=1S/C26H46O2Si2/c1-17(2)21-13-23(19(5)25(15-21)27-29(7,8)9)24-14-22(18(3)4)16-26(20(24)6)28-30(10,11)12/h21-24H,1,3,13-16H2,2,4-12H3/t21-,22-,23?,24?/m1/s1. The second-order valence-corrected chi connectivity index (χ2v) is 20.7. The van der Waals surface area contributed by atoms with E-state index in [1.165, 1.54) is 46.7 Å². The predicted molar refractivity (Wildman–Crippen MR) is 136 cm³/mol. The minimum Gasteiger partial charge on any atom is -0.547 e. The molecule has 2 unspecified atom stereocenters. The lowest BCUT2D eigenvalue weighted by Gasteiger charge is -2.43. The number of rotatable bonds is 7. The van der Waals surface area contributed by atoms with Gasteiger partial charge >= 0.3 is 0 Å². The molecule has 4 heteroatoms. The average molecular weight is 447 g/mol. The molecule has 4 atom stereocenters. The van der Waals surface area contributed by atoms with Crippen molar-refractivity contribution in [2.45, 2.75) is 92.7 Å². The van der Waals surface area contributed by atoms with Crippen molar-refractivity contribution in [1.82, 2.24) is 0 Å². The SMILES string of the molecule is C=C(C)[C@H]1CC(O[Si](C)(C)C)=C(C)C(C2C[C@@H](C(=C)C)CC(O[Si](C)(C)C)=C2C)C1. The third kappa shape index (κ3) is 6.49. The van der Waals surface area contributed by atoms with Crippen molar-refractivity contribution in [2.24, 2.45) is 23.7 Å². The van der Waals surface area contributed by atoms with Gasteiger partial charge < -0.3 is 8.85 Å². The molecule has 0 spiro atoms. The first-order valence-corrected chi connectivity index (χ1v) is 18.5. The molecule has 2 aliphatic carbocycles. The largest absolute Gasteiger partial charge is 0.547 e. The van der Waals surface area contributed by atoms with Crippen molar-refractivity contribution >= 4 is 16.6 Å². The van der Waals surface area contributed by atoms with Crippen molar-refractivity contribution < 1.29 is 8.85 Å². The van der Waals surface area contributed by atoms with Crippen LogP contribution in [0, 0.1) is 23.7 Å². The van der Waals surface area contributed by atoms with E-state index in [1.54, 1.807) is 0 Å². The van der Waals surface area contributed by atoms with Gasteiger partial charge in [-0.1, -0.05) is 24.3 Å². The van der Waals surface area contributed by atoms with E-state index in [-0.39, 0.29) is 0 Å². The van der Waals surface area contributed by atoms with Gasteiger partial charge in [0.25, 0.3) is 0 Å². The molecule has 0 aliphatic heterocycles. The molecule has 0 aromatic heterocycles. The summed E-state index contributed by atoms with van der Waals surface area (Å²) in [5, 5.41) is 0. The van der Waals surface area contributed by atoms with Gasteiger partial charge in [0.1, 0.15) is 0 Å². The van der Waals surface area contributed by atoms with Crippen LogP contribution in [-0.4, -0.2) is 16.6 Å². The molecule has 0 fully saturated rings. The van der Waals surface area contributed by atoms with E-state index in [1.807, 2.05) is 0 Å². The highest BCUT2D eigenvalue weighted by atomic mass is 28.4. The Hall–Kier alpha value is -1.01. The van der Waals surface area contributed by atoms with Gasteiger partial charge in [-0.2, -0.15) is 0 Å². The van der Waals surface area contributed by atoms with Crippen LogP contribution >= 0.6 is 0 Å². The Morgan fingerprint density at radius 2 is 1.00 bits per heavy atom. The summed E-state index contributed by atoms with van der Waals surface area (Å²) in [5.41, 5.74) is 5.51. The molecule has 0 heterocycles. The predicted octanol–water partition coefficient (Wildman–Crippen LogP) is 8.44. The second kappa shape index (κ2) is 9.24. The molecular formula is C26H46O2Si2. The zero-order valence-corrected chi connectivity index (χ0v) is 23.4. The molecule has 2 aliphatic rings. The summed E-state index contributed by atoms with van der Waals surface area (Å²) in [4.78, 5) is 0. The fourth-order valence-corrected chi connectivity index (χ4v) is 6.95. The summed E-state index contributed by atoms with van der Waals surface area (Å²) in [6.07, 6.45) is 4.37. The molecule has 2 nitrogen and oxygen atoms in total. The molecule has 0 aromatic rings. The highest BCUT2D eigenvalue weighted by Gasteiger charge is 2.40. The molecule has 0 amide bonds. The molecule has 30 heavy (non-hydrogen) atoms. The molecular weight excluding hydrogens is 400 g/mol. The van der Waals surface area contributed by atoms with Gasteiger partial charge in [0.05, 0.1) is 11.5 Å². The first-order valence-electron chi connectivity index (χ1n) is 11.7. The minimum atomic E-state index is -1.66. The lowest BCUT2D eigenvalue weighted by Crippen LogP contribution is -2.35. The maximum absolute atomic E-state index is 6.63. The highest BCUT2D eigenvalue weighted by molar-refractivity contribution is 6.70. The van der Waals surface area contributed by atoms with Crippen molar-refractivity contribution in [3.8, 4) is 0 Å². The van der Waals surface area contributed by atoms with Gasteiger partial charge in [0.15, 0.2) is 0 Å². The Morgan fingerprint density at radius 1 is 0.700 bits per heavy atom. The molecule has 0 bridgehead atoms. The van der Waals surface area contributed by atoms with E-state index < -0.39 is 16.6 Å². The van der Waals surface area contributed by atoms with Gasteiger partial charge in [-0.3, -0.25) is 0 Å². The average Bonchev–Trinajstić information content (AvgIpc) is 2.56. The van der Waals surface area contributed by atoms with E-state index in [2.05, 4.69) is 80.1 Å². The third-order valence-corrected chi connectivity index (χ3v) is 8.39. The van der Waals surface area contributed by atoms with E-state index in [4.69, 9.17) is 8.85 Å². The quantitative estimate of drug-likeness (QED) is 0.288. The molecule has 2 rings (SSSR count). The van der Waals surface area contributed by atoms with Crippen molar-refractivity contribution in [1.29, 1.82) is 0 Å². The maximum atomic E-state index is 6.63. The van der Waals surface area contributed by atoms with E-state index in [9.17, 15) is 0 Å². The zero-order valence-electron chi connectivity index (χ0n) is 21.4. The Labute approximate surface area is 188 Å². The summed E-state index contributed by atoms with van der Waals surface area (Å²) >= 11 is 0. The van der Waals surface area contributed by atoms with E-state index in [0.717, 1.165) is 12.8 Å². The molecule has 170 valence electrons. The summed E-state index contributed by atoms with van der Waals surface area (Å²) in [6, 6.07) is 0. The normalized spacial score (nSPS) is 28.5. The van der Waals surface area contributed by atoms with Crippen molar-refractivity contribution in [3.63, 3.8) is 0 Å². The second-order valence-electron chi connectivity index (χ2n) is 11.8.